The molecule has 190 valence electrons. The second-order valence-corrected chi connectivity index (χ2v) is 9.12. The molecule has 2 aromatic heterocycles. The van der Waals surface area contributed by atoms with Crippen LogP contribution in [0.2, 0.25) is 0 Å². The van der Waals surface area contributed by atoms with E-state index in [4.69, 9.17) is 4.42 Å². The highest BCUT2D eigenvalue weighted by Crippen LogP contribution is 2.22. The van der Waals surface area contributed by atoms with Crippen LogP contribution in [-0.4, -0.2) is 69.0 Å². The highest BCUT2D eigenvalue weighted by Gasteiger charge is 2.30. The first-order valence-electron chi connectivity index (χ1n) is 11.9. The van der Waals surface area contributed by atoms with Crippen molar-refractivity contribution in [3.8, 4) is 11.1 Å². The van der Waals surface area contributed by atoms with E-state index in [2.05, 4.69) is 14.9 Å². The number of carbonyl (C=O) groups excluding carboxylic acids is 1. The highest BCUT2D eigenvalue weighted by atomic mass is 19.1. The van der Waals surface area contributed by atoms with E-state index < -0.39 is 11.8 Å². The molecule has 1 aliphatic rings. The van der Waals surface area contributed by atoms with Crippen LogP contribution in [0.5, 0.6) is 0 Å². The van der Waals surface area contributed by atoms with Crippen LogP contribution >= 0.6 is 0 Å². The van der Waals surface area contributed by atoms with Gasteiger partial charge in [0.2, 0.25) is 0 Å². The van der Waals surface area contributed by atoms with Gasteiger partial charge in [0.15, 0.2) is 11.4 Å². The SMILES string of the molecule is O=C(CCN1CCN(C(=O)O)C(Cc2cncc(-c3ccc(F)cc3)c2)C1)c1ccc2[nH]c(=O)oc2c1. The van der Waals surface area contributed by atoms with Crippen molar-refractivity contribution in [1.82, 2.24) is 19.8 Å². The molecule has 1 unspecified atom stereocenters. The first kappa shape index (κ1) is 24.4. The van der Waals surface area contributed by atoms with Crippen LogP contribution in [0.25, 0.3) is 22.2 Å². The minimum atomic E-state index is -0.982. The first-order chi connectivity index (χ1) is 17.9. The van der Waals surface area contributed by atoms with Gasteiger partial charge in [-0.3, -0.25) is 19.7 Å². The van der Waals surface area contributed by atoms with Crippen LogP contribution in [-0.2, 0) is 6.42 Å². The van der Waals surface area contributed by atoms with Crippen molar-refractivity contribution in [1.29, 1.82) is 0 Å². The lowest BCUT2D eigenvalue weighted by molar-refractivity contribution is 0.0647. The summed E-state index contributed by atoms with van der Waals surface area (Å²) in [5.74, 6) is -0.970. The minimum Gasteiger partial charge on any atom is -0.465 e. The summed E-state index contributed by atoms with van der Waals surface area (Å²) >= 11 is 0. The zero-order chi connectivity index (χ0) is 25.9. The van der Waals surface area contributed by atoms with Crippen LogP contribution in [0.1, 0.15) is 22.3 Å². The van der Waals surface area contributed by atoms with E-state index in [1.165, 1.54) is 17.0 Å². The Balaban J connectivity index is 1.25. The van der Waals surface area contributed by atoms with Gasteiger partial charge >= 0.3 is 11.8 Å². The standard InChI is InChI=1S/C27H25FN4O5/c28-21-4-1-18(2-5-21)20-11-17(14-29-15-20)12-22-16-31(9-10-32(22)27(35)36)8-7-24(33)19-3-6-23-25(13-19)37-26(34)30-23/h1-6,11,13-15,22H,7-10,12,16H2,(H,30,34)(H,35,36). The van der Waals surface area contributed by atoms with Crippen molar-refractivity contribution in [3.05, 3.63) is 88.4 Å². The van der Waals surface area contributed by atoms with Gasteiger partial charge in [-0.1, -0.05) is 12.1 Å². The van der Waals surface area contributed by atoms with Gasteiger partial charge in [-0.2, -0.15) is 0 Å². The Kier molecular flexibility index (Phi) is 6.82. The van der Waals surface area contributed by atoms with Crippen LogP contribution in [0, 0.1) is 5.82 Å². The number of pyridine rings is 1. The summed E-state index contributed by atoms with van der Waals surface area (Å²) in [6.45, 7) is 1.81. The van der Waals surface area contributed by atoms with Crippen LogP contribution < -0.4 is 5.76 Å². The van der Waals surface area contributed by atoms with Gasteiger partial charge in [0.25, 0.3) is 0 Å². The maximum Gasteiger partial charge on any atom is 0.417 e. The maximum absolute atomic E-state index is 13.3. The molecule has 3 heterocycles. The average molecular weight is 505 g/mol. The predicted octanol–water partition coefficient (Wildman–Crippen LogP) is 3.80. The van der Waals surface area contributed by atoms with Gasteiger partial charge in [-0.25, -0.2) is 14.0 Å². The lowest BCUT2D eigenvalue weighted by atomic mass is 10.00. The van der Waals surface area contributed by atoms with E-state index in [1.54, 1.807) is 42.7 Å². The van der Waals surface area contributed by atoms with Crippen molar-refractivity contribution in [2.75, 3.05) is 26.2 Å². The summed E-state index contributed by atoms with van der Waals surface area (Å²) in [7, 11) is 0. The number of benzene rings is 2. The Labute approximate surface area is 211 Å². The third kappa shape index (κ3) is 5.59. The van der Waals surface area contributed by atoms with Gasteiger partial charge in [0, 0.05) is 56.1 Å². The number of ketones is 1. The van der Waals surface area contributed by atoms with Gasteiger partial charge in [0.05, 0.1) is 11.6 Å². The number of aromatic nitrogens is 2. The Bertz CT molecular complexity index is 1500. The van der Waals surface area contributed by atoms with Gasteiger partial charge < -0.3 is 14.4 Å². The van der Waals surface area contributed by atoms with E-state index in [-0.39, 0.29) is 24.1 Å². The fraction of sp³-hybridized carbons (Fsp3) is 0.259. The van der Waals surface area contributed by atoms with Crippen molar-refractivity contribution in [2.24, 2.45) is 0 Å². The molecule has 4 aromatic rings. The molecular weight excluding hydrogens is 479 g/mol. The number of nitrogens with zero attached hydrogens (tertiary/aromatic N) is 3. The average Bonchev–Trinajstić information content (AvgIpc) is 3.27. The number of amides is 1. The van der Waals surface area contributed by atoms with E-state index in [9.17, 15) is 23.9 Å². The number of piperazine rings is 1. The van der Waals surface area contributed by atoms with Crippen molar-refractivity contribution >= 4 is 23.0 Å². The number of carboxylic acid groups (broad SMARTS) is 1. The lowest BCUT2D eigenvalue weighted by Crippen LogP contribution is -2.55. The van der Waals surface area contributed by atoms with Crippen LogP contribution in [0.15, 0.2) is 70.1 Å². The Morgan fingerprint density at radius 1 is 1.08 bits per heavy atom. The van der Waals surface area contributed by atoms with E-state index >= 15 is 0 Å². The zero-order valence-corrected chi connectivity index (χ0v) is 19.9. The topological polar surface area (TPSA) is 120 Å². The number of nitrogens with one attached hydrogen (secondary N) is 1. The fourth-order valence-corrected chi connectivity index (χ4v) is 4.74. The number of hydrogen-bond acceptors (Lipinski definition) is 6. The fourth-order valence-electron chi connectivity index (χ4n) is 4.74. The predicted molar refractivity (Wildman–Crippen MR) is 134 cm³/mol. The second kappa shape index (κ2) is 10.4. The van der Waals surface area contributed by atoms with Gasteiger partial charge in [-0.15, -0.1) is 0 Å². The first-order valence-corrected chi connectivity index (χ1v) is 11.9. The Morgan fingerprint density at radius 3 is 2.68 bits per heavy atom. The highest BCUT2D eigenvalue weighted by molar-refractivity contribution is 5.98. The van der Waals surface area contributed by atoms with E-state index in [1.807, 2.05) is 6.07 Å². The summed E-state index contributed by atoms with van der Waals surface area (Å²) in [5, 5.41) is 9.76. The molecule has 1 saturated heterocycles. The number of hydrogen-bond donors (Lipinski definition) is 2. The smallest absolute Gasteiger partial charge is 0.417 e. The molecule has 9 nitrogen and oxygen atoms in total. The molecule has 5 rings (SSSR count). The number of halogens is 1. The number of carbonyl (C=O) groups is 2. The summed E-state index contributed by atoms with van der Waals surface area (Å²) in [4.78, 5) is 46.4. The molecule has 1 aliphatic heterocycles. The molecule has 1 atom stereocenters. The normalized spacial score (nSPS) is 16.2. The van der Waals surface area contributed by atoms with Crippen molar-refractivity contribution in [2.45, 2.75) is 18.9 Å². The molecule has 1 amide bonds. The van der Waals surface area contributed by atoms with Gasteiger partial charge in [0.1, 0.15) is 5.82 Å². The van der Waals surface area contributed by atoms with Crippen LogP contribution in [0.3, 0.4) is 0 Å². The third-order valence-electron chi connectivity index (χ3n) is 6.65. The number of aromatic amines is 1. The third-order valence-corrected chi connectivity index (χ3v) is 6.65. The minimum absolute atomic E-state index is 0.0841. The van der Waals surface area contributed by atoms with Gasteiger partial charge in [-0.05, 0) is 53.9 Å². The lowest BCUT2D eigenvalue weighted by Gasteiger charge is -2.40. The number of H-pyrrole nitrogens is 1. The monoisotopic (exact) mass is 504 g/mol. The van der Waals surface area contributed by atoms with E-state index in [0.29, 0.717) is 49.3 Å². The van der Waals surface area contributed by atoms with Crippen molar-refractivity contribution in [3.63, 3.8) is 0 Å². The Morgan fingerprint density at radius 2 is 1.89 bits per heavy atom. The zero-order valence-electron chi connectivity index (χ0n) is 19.9. The quantitative estimate of drug-likeness (QED) is 0.367. The molecule has 0 saturated carbocycles. The molecule has 10 heteroatoms. The van der Waals surface area contributed by atoms with E-state index in [0.717, 1.165) is 16.7 Å². The summed E-state index contributed by atoms with van der Waals surface area (Å²) in [6, 6.07) is 12.6. The molecule has 0 spiro atoms. The van der Waals surface area contributed by atoms with Crippen molar-refractivity contribution < 1.29 is 23.5 Å². The van der Waals surface area contributed by atoms with Crippen LogP contribution in [0.4, 0.5) is 9.18 Å². The summed E-state index contributed by atoms with van der Waals surface area (Å²) in [5.41, 5.74) is 3.85. The molecule has 0 aliphatic carbocycles. The molecule has 1 fully saturated rings. The molecule has 0 bridgehead atoms. The molecule has 2 N–H and O–H groups in total. The second-order valence-electron chi connectivity index (χ2n) is 9.12. The molecule has 2 aromatic carbocycles. The summed E-state index contributed by atoms with van der Waals surface area (Å²) < 4.78 is 18.3. The summed E-state index contributed by atoms with van der Waals surface area (Å²) in [6.07, 6.45) is 3.14. The number of oxazole rings is 1. The molecule has 0 radical (unpaired) electrons. The molecule has 37 heavy (non-hydrogen) atoms. The number of fused-ring (bicyclic) bond motifs is 1. The molecular formula is C27H25FN4O5. The Hall–Kier alpha value is -4.31. The number of Topliss-reactive ketones (excluding diaryl/α,β-unsaturated/α-hetero) is 1. The maximum atomic E-state index is 13.3. The number of rotatable bonds is 7. The largest absolute Gasteiger partial charge is 0.465 e.